The molecule has 0 aromatic carbocycles. The van der Waals surface area contributed by atoms with Crippen molar-refractivity contribution >= 4 is 12.0 Å². The third kappa shape index (κ3) is 2.75. The van der Waals surface area contributed by atoms with Crippen molar-refractivity contribution in [2.24, 2.45) is 11.8 Å². The van der Waals surface area contributed by atoms with Gasteiger partial charge in [0.15, 0.2) is 0 Å². The summed E-state index contributed by atoms with van der Waals surface area (Å²) < 4.78 is 5.16. The Bertz CT molecular complexity index is 343. The third-order valence-electron chi connectivity index (χ3n) is 3.87. The van der Waals surface area contributed by atoms with Crippen molar-refractivity contribution in [3.8, 4) is 0 Å². The Morgan fingerprint density at radius 2 is 2.06 bits per heavy atom. The predicted molar refractivity (Wildman–Crippen MR) is 64.2 cm³/mol. The molecule has 2 aliphatic rings. The second kappa shape index (κ2) is 5.14. The smallest absolute Gasteiger partial charge is 0.317 e. The van der Waals surface area contributed by atoms with Gasteiger partial charge in [-0.15, -0.1) is 0 Å². The van der Waals surface area contributed by atoms with Crippen LogP contribution in [-0.2, 0) is 9.53 Å². The molecule has 0 bridgehead atoms. The van der Waals surface area contributed by atoms with Gasteiger partial charge in [0.05, 0.1) is 19.3 Å². The van der Waals surface area contributed by atoms with Crippen molar-refractivity contribution in [1.82, 2.24) is 10.2 Å². The molecule has 1 aliphatic heterocycles. The molecule has 0 aromatic rings. The van der Waals surface area contributed by atoms with Crippen LogP contribution in [0.1, 0.15) is 19.8 Å². The van der Waals surface area contributed by atoms with Gasteiger partial charge in [-0.25, -0.2) is 4.79 Å². The fourth-order valence-electron chi connectivity index (χ4n) is 2.32. The van der Waals surface area contributed by atoms with E-state index in [4.69, 9.17) is 9.84 Å². The second-order valence-corrected chi connectivity index (χ2v) is 5.24. The molecule has 0 spiro atoms. The maximum absolute atomic E-state index is 12.0. The first-order valence-corrected chi connectivity index (χ1v) is 6.34. The number of nitrogens with zero attached hydrogens (tertiary/aromatic N) is 1. The Balaban J connectivity index is 1.90. The zero-order valence-electron chi connectivity index (χ0n) is 10.8. The number of ether oxygens (including phenoxy) is 1. The molecule has 1 aliphatic carbocycles. The molecule has 6 nitrogen and oxygen atoms in total. The number of urea groups is 1. The molecule has 2 fully saturated rings. The lowest BCUT2D eigenvalue weighted by Gasteiger charge is -2.28. The number of aliphatic carboxylic acids is 1. The van der Waals surface area contributed by atoms with Gasteiger partial charge in [0.25, 0.3) is 0 Å². The molecule has 102 valence electrons. The summed E-state index contributed by atoms with van der Waals surface area (Å²) in [5, 5.41) is 12.0. The minimum Gasteiger partial charge on any atom is -0.481 e. The van der Waals surface area contributed by atoms with Crippen molar-refractivity contribution in [2.45, 2.75) is 31.8 Å². The summed E-state index contributed by atoms with van der Waals surface area (Å²) in [6.07, 6.45) is 2.32. The minimum absolute atomic E-state index is 0.158. The van der Waals surface area contributed by atoms with E-state index < -0.39 is 11.9 Å². The van der Waals surface area contributed by atoms with Crippen LogP contribution in [0.3, 0.4) is 0 Å². The molecule has 2 N–H and O–H groups in total. The van der Waals surface area contributed by atoms with Gasteiger partial charge < -0.3 is 20.1 Å². The van der Waals surface area contributed by atoms with E-state index in [1.165, 1.54) is 4.90 Å². The van der Waals surface area contributed by atoms with E-state index in [0.717, 1.165) is 12.8 Å². The van der Waals surface area contributed by atoms with Crippen LogP contribution in [0, 0.1) is 11.8 Å². The summed E-state index contributed by atoms with van der Waals surface area (Å²) in [6, 6.07) is -0.435. The highest BCUT2D eigenvalue weighted by molar-refractivity contribution is 5.77. The first-order valence-electron chi connectivity index (χ1n) is 6.34. The molecular weight excluding hydrogens is 236 g/mol. The molecule has 0 aromatic heterocycles. The Kier molecular flexibility index (Phi) is 3.75. The van der Waals surface area contributed by atoms with Crippen LogP contribution in [0.25, 0.3) is 0 Å². The van der Waals surface area contributed by atoms with Crippen molar-refractivity contribution in [1.29, 1.82) is 0 Å². The van der Waals surface area contributed by atoms with E-state index in [1.807, 2.05) is 6.92 Å². The lowest BCUT2D eigenvalue weighted by Crippen LogP contribution is -2.50. The van der Waals surface area contributed by atoms with Crippen molar-refractivity contribution in [3.05, 3.63) is 0 Å². The lowest BCUT2D eigenvalue weighted by molar-refractivity contribution is -0.142. The summed E-state index contributed by atoms with van der Waals surface area (Å²) in [6.45, 7) is 2.46. The Labute approximate surface area is 106 Å². The van der Waals surface area contributed by atoms with E-state index in [2.05, 4.69) is 5.32 Å². The average molecular weight is 256 g/mol. The first-order chi connectivity index (χ1) is 8.50. The fraction of sp³-hybridized carbons (Fsp3) is 0.833. The van der Waals surface area contributed by atoms with Crippen LogP contribution in [0.15, 0.2) is 0 Å². The fourth-order valence-corrected chi connectivity index (χ4v) is 2.32. The Morgan fingerprint density at radius 3 is 2.61 bits per heavy atom. The number of hydrogen-bond acceptors (Lipinski definition) is 3. The van der Waals surface area contributed by atoms with Gasteiger partial charge in [-0.2, -0.15) is 0 Å². The quantitative estimate of drug-likeness (QED) is 0.769. The van der Waals surface area contributed by atoms with E-state index in [-0.39, 0.29) is 24.7 Å². The molecule has 2 rings (SSSR count). The van der Waals surface area contributed by atoms with Gasteiger partial charge in [0.1, 0.15) is 5.92 Å². The minimum atomic E-state index is -0.910. The van der Waals surface area contributed by atoms with Crippen molar-refractivity contribution < 1.29 is 19.4 Å². The lowest BCUT2D eigenvalue weighted by atomic mass is 10.0. The SMILES string of the molecule is CC(NC(=O)N(C)C1COCC1C(=O)O)C1CC1. The summed E-state index contributed by atoms with van der Waals surface area (Å²) in [5.74, 6) is -0.957. The maximum atomic E-state index is 12.0. The van der Waals surface area contributed by atoms with Crippen LogP contribution < -0.4 is 5.32 Å². The molecular formula is C12H20N2O4. The number of likely N-dealkylation sites (N-methyl/N-ethyl adjacent to an activating group) is 1. The van der Waals surface area contributed by atoms with Crippen LogP contribution in [0.4, 0.5) is 4.79 Å². The molecule has 0 radical (unpaired) electrons. The van der Waals surface area contributed by atoms with Gasteiger partial charge in [0.2, 0.25) is 0 Å². The number of carbonyl (C=O) groups is 2. The normalized spacial score (nSPS) is 28.8. The highest BCUT2D eigenvalue weighted by Crippen LogP contribution is 2.32. The highest BCUT2D eigenvalue weighted by atomic mass is 16.5. The molecule has 3 unspecified atom stereocenters. The third-order valence-corrected chi connectivity index (χ3v) is 3.87. The topological polar surface area (TPSA) is 78.9 Å². The largest absolute Gasteiger partial charge is 0.481 e. The molecule has 6 heteroatoms. The summed E-state index contributed by atoms with van der Waals surface area (Å²) in [7, 11) is 1.63. The summed E-state index contributed by atoms with van der Waals surface area (Å²) in [5.41, 5.74) is 0. The number of amides is 2. The van der Waals surface area contributed by atoms with Crippen LogP contribution >= 0.6 is 0 Å². The van der Waals surface area contributed by atoms with E-state index in [0.29, 0.717) is 12.5 Å². The monoisotopic (exact) mass is 256 g/mol. The summed E-state index contributed by atoms with van der Waals surface area (Å²) >= 11 is 0. The zero-order chi connectivity index (χ0) is 13.3. The molecule has 2 amide bonds. The number of carboxylic acid groups (broad SMARTS) is 1. The van der Waals surface area contributed by atoms with Crippen molar-refractivity contribution in [3.63, 3.8) is 0 Å². The highest BCUT2D eigenvalue weighted by Gasteiger charge is 2.39. The van der Waals surface area contributed by atoms with E-state index in [9.17, 15) is 9.59 Å². The second-order valence-electron chi connectivity index (χ2n) is 5.24. The molecule has 1 saturated carbocycles. The number of rotatable bonds is 4. The number of nitrogens with one attached hydrogen (secondary N) is 1. The van der Waals surface area contributed by atoms with Gasteiger partial charge in [0, 0.05) is 13.1 Å². The number of hydrogen-bond donors (Lipinski definition) is 2. The van der Waals surface area contributed by atoms with E-state index in [1.54, 1.807) is 7.05 Å². The van der Waals surface area contributed by atoms with Crippen LogP contribution in [-0.4, -0.2) is 54.4 Å². The van der Waals surface area contributed by atoms with Gasteiger partial charge in [-0.3, -0.25) is 4.79 Å². The van der Waals surface area contributed by atoms with Crippen molar-refractivity contribution in [2.75, 3.05) is 20.3 Å². The standard InChI is InChI=1S/C12H20N2O4/c1-7(8-3-4-8)13-12(17)14(2)10-6-18-5-9(10)11(15)16/h7-10H,3-6H2,1-2H3,(H,13,17)(H,15,16). The zero-order valence-corrected chi connectivity index (χ0v) is 10.8. The van der Waals surface area contributed by atoms with Gasteiger partial charge >= 0.3 is 12.0 Å². The number of carbonyl (C=O) groups excluding carboxylic acids is 1. The summed E-state index contributed by atoms with van der Waals surface area (Å²) in [4.78, 5) is 24.5. The van der Waals surface area contributed by atoms with E-state index >= 15 is 0 Å². The molecule has 1 heterocycles. The van der Waals surface area contributed by atoms with Gasteiger partial charge in [-0.1, -0.05) is 0 Å². The van der Waals surface area contributed by atoms with Crippen LogP contribution in [0.2, 0.25) is 0 Å². The predicted octanol–water partition coefficient (Wildman–Crippen LogP) is 0.526. The average Bonchev–Trinajstić information content (AvgIpc) is 3.05. The molecule has 18 heavy (non-hydrogen) atoms. The molecule has 3 atom stereocenters. The van der Waals surface area contributed by atoms with Crippen LogP contribution in [0.5, 0.6) is 0 Å². The Hall–Kier alpha value is -1.30. The first kappa shape index (κ1) is 13.1. The molecule has 1 saturated heterocycles. The van der Waals surface area contributed by atoms with Gasteiger partial charge in [-0.05, 0) is 25.7 Å². The number of carboxylic acids is 1. The maximum Gasteiger partial charge on any atom is 0.317 e. The Morgan fingerprint density at radius 1 is 1.39 bits per heavy atom.